The van der Waals surface area contributed by atoms with Gasteiger partial charge in [-0.2, -0.15) is 0 Å². The minimum Gasteiger partial charge on any atom is -0.478 e. The van der Waals surface area contributed by atoms with Gasteiger partial charge >= 0.3 is 17.5 Å². The molecule has 1 aliphatic rings. The van der Waals surface area contributed by atoms with Crippen LogP contribution in [0.1, 0.15) is 26.7 Å². The first-order valence-electron chi connectivity index (χ1n) is 5.26. The predicted molar refractivity (Wildman–Crippen MR) is 65.4 cm³/mol. The molecule has 0 saturated heterocycles. The summed E-state index contributed by atoms with van der Waals surface area (Å²) >= 11 is 11.8. The summed E-state index contributed by atoms with van der Waals surface area (Å²) in [6, 6.07) is 0. The van der Waals surface area contributed by atoms with Crippen molar-refractivity contribution in [1.82, 2.24) is 0 Å². The molecule has 0 atom stereocenters. The molecule has 5 nitrogen and oxygen atoms in total. The summed E-state index contributed by atoms with van der Waals surface area (Å²) < 4.78 is 5.14. The molecule has 0 aromatic carbocycles. The number of carboxylic acids is 2. The summed E-state index contributed by atoms with van der Waals surface area (Å²) in [4.78, 5) is 22.4. The van der Waals surface area contributed by atoms with Gasteiger partial charge < -0.3 is 14.9 Å². The van der Waals surface area contributed by atoms with Gasteiger partial charge in [0.1, 0.15) is 10.8 Å². The number of carboxylic acid groups (broad SMARTS) is 2. The molecule has 100 valence electrons. The van der Waals surface area contributed by atoms with Crippen LogP contribution in [0.25, 0.3) is 0 Å². The number of hydrogen-bond acceptors (Lipinski definition) is 3. The van der Waals surface area contributed by atoms with Crippen molar-refractivity contribution in [2.75, 3.05) is 0 Å². The molecular weight excluding hydrogens is 283 g/mol. The summed E-state index contributed by atoms with van der Waals surface area (Å²) in [5.74, 6) is -3.18. The highest BCUT2D eigenvalue weighted by atomic mass is 35.5. The molecule has 0 aromatic heterocycles. The molecule has 0 aromatic rings. The van der Waals surface area contributed by atoms with Crippen molar-refractivity contribution in [2.24, 2.45) is 0 Å². The third-order valence-corrected chi connectivity index (χ3v) is 3.63. The smallest absolute Gasteiger partial charge is 0.366 e. The van der Waals surface area contributed by atoms with E-state index in [4.69, 9.17) is 38.2 Å². The monoisotopic (exact) mass is 294 g/mol. The molecule has 1 rings (SSSR count). The molecule has 0 spiro atoms. The van der Waals surface area contributed by atoms with Crippen LogP contribution >= 0.6 is 23.2 Å². The van der Waals surface area contributed by atoms with Gasteiger partial charge in [0.2, 0.25) is 0 Å². The van der Waals surface area contributed by atoms with Crippen LogP contribution in [0.4, 0.5) is 0 Å². The lowest BCUT2D eigenvalue weighted by molar-refractivity contribution is -0.173. The Morgan fingerprint density at radius 1 is 1.17 bits per heavy atom. The molecule has 0 unspecified atom stereocenters. The van der Waals surface area contributed by atoms with Crippen molar-refractivity contribution in [1.29, 1.82) is 0 Å². The molecule has 1 aliphatic heterocycles. The Bertz CT molecular complexity index is 450. The van der Waals surface area contributed by atoms with Gasteiger partial charge in [-0.3, -0.25) is 0 Å². The lowest BCUT2D eigenvalue weighted by atomic mass is 9.96. The van der Waals surface area contributed by atoms with Crippen molar-refractivity contribution in [3.8, 4) is 0 Å². The van der Waals surface area contributed by atoms with E-state index >= 15 is 0 Å². The summed E-state index contributed by atoms with van der Waals surface area (Å²) in [6.45, 7) is 3.50. The average Bonchev–Trinajstić information content (AvgIpc) is 2.31. The van der Waals surface area contributed by atoms with Crippen LogP contribution in [0.15, 0.2) is 21.4 Å². The minimum atomic E-state index is -2.65. The predicted octanol–water partition coefficient (Wildman–Crippen LogP) is 2.69. The Balaban J connectivity index is 3.53. The van der Waals surface area contributed by atoms with Gasteiger partial charge in [-0.25, -0.2) is 9.59 Å². The highest BCUT2D eigenvalue weighted by Crippen LogP contribution is 2.43. The van der Waals surface area contributed by atoms with E-state index in [1.807, 2.05) is 0 Å². The van der Waals surface area contributed by atoms with Gasteiger partial charge in [0.05, 0.1) is 5.03 Å². The fraction of sp³-hybridized carbons (Fsp3) is 0.455. The number of allylic oxidation sites excluding steroid dienone is 3. The zero-order chi connectivity index (χ0) is 14.1. The SMILES string of the molecule is CCC1=C(CC)C(Cl)=C(Cl)C(C(=O)O)(C(=O)O)O1. The van der Waals surface area contributed by atoms with Crippen molar-refractivity contribution in [2.45, 2.75) is 32.3 Å². The van der Waals surface area contributed by atoms with Crippen LogP contribution in [0.5, 0.6) is 0 Å². The molecule has 0 radical (unpaired) electrons. The summed E-state index contributed by atoms with van der Waals surface area (Å²) in [6.07, 6.45) is 0.791. The zero-order valence-corrected chi connectivity index (χ0v) is 11.3. The fourth-order valence-electron chi connectivity index (χ4n) is 1.71. The van der Waals surface area contributed by atoms with E-state index in [1.54, 1.807) is 13.8 Å². The van der Waals surface area contributed by atoms with Crippen molar-refractivity contribution >= 4 is 35.1 Å². The summed E-state index contributed by atoms with van der Waals surface area (Å²) in [5, 5.41) is 17.6. The Morgan fingerprint density at radius 2 is 1.67 bits per heavy atom. The van der Waals surface area contributed by atoms with Crippen LogP contribution in [0.3, 0.4) is 0 Å². The number of ether oxygens (including phenoxy) is 1. The van der Waals surface area contributed by atoms with E-state index in [0.29, 0.717) is 18.4 Å². The number of halogens is 2. The molecule has 0 bridgehead atoms. The largest absolute Gasteiger partial charge is 0.478 e. The van der Waals surface area contributed by atoms with Crippen LogP contribution in [-0.4, -0.2) is 27.8 Å². The lowest BCUT2D eigenvalue weighted by Gasteiger charge is -2.32. The van der Waals surface area contributed by atoms with E-state index in [-0.39, 0.29) is 10.8 Å². The van der Waals surface area contributed by atoms with E-state index < -0.39 is 22.6 Å². The van der Waals surface area contributed by atoms with Crippen LogP contribution < -0.4 is 0 Å². The highest BCUT2D eigenvalue weighted by Gasteiger charge is 2.56. The van der Waals surface area contributed by atoms with Gasteiger partial charge in [0, 0.05) is 12.0 Å². The van der Waals surface area contributed by atoms with E-state index in [2.05, 4.69) is 0 Å². The molecule has 18 heavy (non-hydrogen) atoms. The summed E-state index contributed by atoms with van der Waals surface area (Å²) in [5.41, 5.74) is -2.12. The van der Waals surface area contributed by atoms with Crippen LogP contribution in [-0.2, 0) is 14.3 Å². The minimum absolute atomic E-state index is 0.0629. The number of aliphatic carboxylic acids is 2. The molecule has 0 saturated carbocycles. The van der Waals surface area contributed by atoms with E-state index in [0.717, 1.165) is 0 Å². The van der Waals surface area contributed by atoms with Crippen molar-refractivity contribution < 1.29 is 24.5 Å². The normalized spacial score (nSPS) is 18.7. The third-order valence-electron chi connectivity index (χ3n) is 2.66. The van der Waals surface area contributed by atoms with Crippen LogP contribution in [0.2, 0.25) is 0 Å². The Kier molecular flexibility index (Phi) is 4.29. The molecular formula is C11H12Cl2O5. The van der Waals surface area contributed by atoms with Gasteiger partial charge in [0.15, 0.2) is 0 Å². The van der Waals surface area contributed by atoms with Gasteiger partial charge in [-0.15, -0.1) is 0 Å². The quantitative estimate of drug-likeness (QED) is 0.779. The number of carbonyl (C=O) groups is 2. The second-order valence-corrected chi connectivity index (χ2v) is 4.39. The van der Waals surface area contributed by atoms with Gasteiger partial charge in [0.25, 0.3) is 0 Å². The fourth-order valence-corrected chi connectivity index (χ4v) is 2.39. The maximum Gasteiger partial charge on any atom is 0.366 e. The molecule has 2 N–H and O–H groups in total. The zero-order valence-electron chi connectivity index (χ0n) is 9.79. The molecule has 0 fully saturated rings. The Hall–Kier alpha value is -1.20. The summed E-state index contributed by atoms with van der Waals surface area (Å²) in [7, 11) is 0. The van der Waals surface area contributed by atoms with Gasteiger partial charge in [-0.05, 0) is 6.42 Å². The number of rotatable bonds is 4. The first-order chi connectivity index (χ1) is 8.32. The molecule has 1 heterocycles. The highest BCUT2D eigenvalue weighted by molar-refractivity contribution is 6.44. The topological polar surface area (TPSA) is 83.8 Å². The Labute approximate surface area is 114 Å². The molecule has 0 amide bonds. The number of hydrogen-bond donors (Lipinski definition) is 2. The average molecular weight is 295 g/mol. The Morgan fingerprint density at radius 3 is 2.00 bits per heavy atom. The second kappa shape index (κ2) is 5.20. The van der Waals surface area contributed by atoms with E-state index in [9.17, 15) is 9.59 Å². The standard InChI is InChI=1S/C11H12Cl2O5/c1-3-5-6(4-2)18-11(9(14)15,10(16)17)8(13)7(5)12/h3-4H2,1-2H3,(H,14,15)(H,16,17). The lowest BCUT2D eigenvalue weighted by Crippen LogP contribution is -2.51. The van der Waals surface area contributed by atoms with Crippen molar-refractivity contribution in [3.63, 3.8) is 0 Å². The van der Waals surface area contributed by atoms with E-state index in [1.165, 1.54) is 0 Å². The molecule has 7 heteroatoms. The maximum absolute atomic E-state index is 11.2. The maximum atomic E-state index is 11.2. The first kappa shape index (κ1) is 14.9. The van der Waals surface area contributed by atoms with Gasteiger partial charge in [-0.1, -0.05) is 37.0 Å². The van der Waals surface area contributed by atoms with Crippen LogP contribution in [0, 0.1) is 0 Å². The molecule has 0 aliphatic carbocycles. The first-order valence-corrected chi connectivity index (χ1v) is 6.02. The third kappa shape index (κ3) is 1.97. The van der Waals surface area contributed by atoms with Crippen molar-refractivity contribution in [3.05, 3.63) is 21.4 Å². The second-order valence-electron chi connectivity index (χ2n) is 3.63.